The lowest BCUT2D eigenvalue weighted by Crippen LogP contribution is -2.31. The van der Waals surface area contributed by atoms with Crippen LogP contribution in [0.25, 0.3) is 5.65 Å². The molecule has 0 radical (unpaired) electrons. The molecule has 2 aromatic heterocycles. The largest absolute Gasteiger partial charge is 0.351 e. The van der Waals surface area contributed by atoms with Gasteiger partial charge in [-0.2, -0.15) is 4.52 Å². The molecule has 0 bridgehead atoms. The van der Waals surface area contributed by atoms with Crippen LogP contribution in [0, 0.1) is 0 Å². The summed E-state index contributed by atoms with van der Waals surface area (Å²) in [6.07, 6.45) is 3.50. The van der Waals surface area contributed by atoms with E-state index in [0.717, 1.165) is 36.8 Å². The lowest BCUT2D eigenvalue weighted by Gasteiger charge is -2.29. The summed E-state index contributed by atoms with van der Waals surface area (Å²) in [7, 11) is 0. The summed E-state index contributed by atoms with van der Waals surface area (Å²) in [6.45, 7) is 1.94. The summed E-state index contributed by atoms with van der Waals surface area (Å²) in [5, 5.41) is 13.4. The standard InChI is InChI=1S/C17H17N5/c1-2-4-14-11-21(10-9-12(14)3-1)16-8-7-15-18-19-17(13-5-6-13)22(15)20-16/h1-4,7-8,13H,5-6,9-11H2. The number of hydrogen-bond acceptors (Lipinski definition) is 4. The molecule has 110 valence electrons. The second kappa shape index (κ2) is 4.53. The highest BCUT2D eigenvalue weighted by molar-refractivity contribution is 5.48. The summed E-state index contributed by atoms with van der Waals surface area (Å²) in [5.74, 6) is 2.60. The summed E-state index contributed by atoms with van der Waals surface area (Å²) in [6, 6.07) is 12.8. The number of fused-ring (bicyclic) bond motifs is 2. The molecule has 0 N–H and O–H groups in total. The van der Waals surface area contributed by atoms with Crippen molar-refractivity contribution >= 4 is 11.5 Å². The van der Waals surface area contributed by atoms with E-state index in [1.165, 1.54) is 24.0 Å². The molecule has 1 saturated carbocycles. The third kappa shape index (κ3) is 1.89. The van der Waals surface area contributed by atoms with Gasteiger partial charge in [0.2, 0.25) is 0 Å². The van der Waals surface area contributed by atoms with Gasteiger partial charge in [-0.1, -0.05) is 24.3 Å². The van der Waals surface area contributed by atoms with Crippen LogP contribution in [0.15, 0.2) is 36.4 Å². The number of nitrogens with zero attached hydrogens (tertiary/aromatic N) is 5. The molecule has 3 heterocycles. The van der Waals surface area contributed by atoms with Gasteiger partial charge in [-0.15, -0.1) is 15.3 Å². The maximum absolute atomic E-state index is 4.81. The molecule has 2 aliphatic rings. The second-order valence-corrected chi connectivity index (χ2v) is 6.23. The zero-order valence-electron chi connectivity index (χ0n) is 12.3. The van der Waals surface area contributed by atoms with E-state index in [-0.39, 0.29) is 0 Å². The quantitative estimate of drug-likeness (QED) is 0.728. The Hall–Kier alpha value is -2.43. The van der Waals surface area contributed by atoms with Crippen molar-refractivity contribution in [3.63, 3.8) is 0 Å². The zero-order valence-corrected chi connectivity index (χ0v) is 12.3. The maximum Gasteiger partial charge on any atom is 0.178 e. The molecular formula is C17H17N5. The number of aromatic nitrogens is 4. The van der Waals surface area contributed by atoms with E-state index in [4.69, 9.17) is 5.10 Å². The Kier molecular flexibility index (Phi) is 2.50. The van der Waals surface area contributed by atoms with Crippen LogP contribution in [0.3, 0.4) is 0 Å². The van der Waals surface area contributed by atoms with E-state index in [1.807, 2.05) is 10.6 Å². The highest BCUT2D eigenvalue weighted by Crippen LogP contribution is 2.38. The van der Waals surface area contributed by atoms with E-state index in [0.29, 0.717) is 5.92 Å². The SMILES string of the molecule is c1ccc2c(c1)CCN(c1ccc3nnc(C4CC4)n3n1)C2. The van der Waals surface area contributed by atoms with Crippen molar-refractivity contribution in [2.45, 2.75) is 31.7 Å². The van der Waals surface area contributed by atoms with E-state index in [2.05, 4.69) is 45.4 Å². The highest BCUT2D eigenvalue weighted by atomic mass is 15.4. The molecule has 3 aromatic rings. The normalized spacial score (nSPS) is 17.7. The van der Waals surface area contributed by atoms with Gasteiger partial charge in [0, 0.05) is 19.0 Å². The van der Waals surface area contributed by atoms with Crippen molar-refractivity contribution in [1.82, 2.24) is 19.8 Å². The van der Waals surface area contributed by atoms with E-state index in [1.54, 1.807) is 0 Å². The Labute approximate surface area is 128 Å². The highest BCUT2D eigenvalue weighted by Gasteiger charge is 2.29. The minimum Gasteiger partial charge on any atom is -0.351 e. The predicted molar refractivity (Wildman–Crippen MR) is 84.0 cm³/mol. The number of anilines is 1. The fourth-order valence-electron chi connectivity index (χ4n) is 3.25. The van der Waals surface area contributed by atoms with Gasteiger partial charge in [0.05, 0.1) is 0 Å². The van der Waals surface area contributed by atoms with Crippen LogP contribution in [0.4, 0.5) is 5.82 Å². The first-order chi connectivity index (χ1) is 10.9. The van der Waals surface area contributed by atoms with Crippen molar-refractivity contribution < 1.29 is 0 Å². The Morgan fingerprint density at radius 2 is 1.82 bits per heavy atom. The smallest absolute Gasteiger partial charge is 0.178 e. The lowest BCUT2D eigenvalue weighted by atomic mass is 10.00. The topological polar surface area (TPSA) is 46.3 Å². The fourth-order valence-corrected chi connectivity index (χ4v) is 3.25. The summed E-state index contributed by atoms with van der Waals surface area (Å²) in [5.41, 5.74) is 3.72. The van der Waals surface area contributed by atoms with Gasteiger partial charge < -0.3 is 4.90 Å². The van der Waals surface area contributed by atoms with E-state index >= 15 is 0 Å². The summed E-state index contributed by atoms with van der Waals surface area (Å²) in [4.78, 5) is 2.35. The average Bonchev–Trinajstić information content (AvgIpc) is 3.33. The lowest BCUT2D eigenvalue weighted by molar-refractivity contribution is 0.701. The molecule has 1 aromatic carbocycles. The van der Waals surface area contributed by atoms with Crippen molar-refractivity contribution in [2.75, 3.05) is 11.4 Å². The van der Waals surface area contributed by atoms with Crippen LogP contribution < -0.4 is 4.90 Å². The van der Waals surface area contributed by atoms with Crippen LogP contribution in [-0.2, 0) is 13.0 Å². The number of benzene rings is 1. The molecule has 5 nitrogen and oxygen atoms in total. The molecule has 1 fully saturated rings. The molecule has 0 unspecified atom stereocenters. The van der Waals surface area contributed by atoms with Gasteiger partial charge in [-0.25, -0.2) is 0 Å². The molecule has 0 atom stereocenters. The van der Waals surface area contributed by atoms with Crippen LogP contribution >= 0.6 is 0 Å². The zero-order chi connectivity index (χ0) is 14.5. The van der Waals surface area contributed by atoms with Crippen molar-refractivity contribution in [3.8, 4) is 0 Å². The van der Waals surface area contributed by atoms with Gasteiger partial charge in [0.15, 0.2) is 11.5 Å². The molecule has 1 aliphatic heterocycles. The molecule has 1 aliphatic carbocycles. The molecule has 0 spiro atoms. The molecule has 5 rings (SSSR count). The van der Waals surface area contributed by atoms with Gasteiger partial charge in [-0.05, 0) is 42.5 Å². The molecule has 5 heteroatoms. The Morgan fingerprint density at radius 1 is 0.955 bits per heavy atom. The first-order valence-corrected chi connectivity index (χ1v) is 7.92. The molecule has 22 heavy (non-hydrogen) atoms. The van der Waals surface area contributed by atoms with E-state index < -0.39 is 0 Å². The summed E-state index contributed by atoms with van der Waals surface area (Å²) >= 11 is 0. The van der Waals surface area contributed by atoms with Crippen LogP contribution in [-0.4, -0.2) is 26.4 Å². The third-order valence-corrected chi connectivity index (χ3v) is 4.67. The first kappa shape index (κ1) is 12.1. The summed E-state index contributed by atoms with van der Waals surface area (Å²) < 4.78 is 1.94. The van der Waals surface area contributed by atoms with Gasteiger partial charge in [0.25, 0.3) is 0 Å². The van der Waals surface area contributed by atoms with Crippen LogP contribution in [0.2, 0.25) is 0 Å². The number of hydrogen-bond donors (Lipinski definition) is 0. The van der Waals surface area contributed by atoms with Gasteiger partial charge >= 0.3 is 0 Å². The Morgan fingerprint density at radius 3 is 2.68 bits per heavy atom. The molecule has 0 saturated heterocycles. The second-order valence-electron chi connectivity index (χ2n) is 6.23. The van der Waals surface area contributed by atoms with Gasteiger partial charge in [-0.3, -0.25) is 0 Å². The molecule has 0 amide bonds. The van der Waals surface area contributed by atoms with E-state index in [9.17, 15) is 0 Å². The Balaban J connectivity index is 1.53. The van der Waals surface area contributed by atoms with Crippen molar-refractivity contribution in [2.24, 2.45) is 0 Å². The average molecular weight is 291 g/mol. The van der Waals surface area contributed by atoms with Gasteiger partial charge in [0.1, 0.15) is 5.82 Å². The fraction of sp³-hybridized carbons (Fsp3) is 0.353. The monoisotopic (exact) mass is 291 g/mol. The number of rotatable bonds is 2. The van der Waals surface area contributed by atoms with Crippen LogP contribution in [0.1, 0.15) is 35.7 Å². The predicted octanol–water partition coefficient (Wildman–Crippen LogP) is 2.56. The van der Waals surface area contributed by atoms with Crippen molar-refractivity contribution in [1.29, 1.82) is 0 Å². The minimum absolute atomic E-state index is 0.555. The molecular weight excluding hydrogens is 274 g/mol. The van der Waals surface area contributed by atoms with Crippen LogP contribution in [0.5, 0.6) is 0 Å². The first-order valence-electron chi connectivity index (χ1n) is 7.92. The minimum atomic E-state index is 0.555. The Bertz CT molecular complexity index is 849. The van der Waals surface area contributed by atoms with Crippen molar-refractivity contribution in [3.05, 3.63) is 53.3 Å². The third-order valence-electron chi connectivity index (χ3n) is 4.67. The maximum atomic E-state index is 4.81.